The van der Waals surface area contributed by atoms with Crippen LogP contribution in [-0.2, 0) is 28.6 Å². The van der Waals surface area contributed by atoms with Gasteiger partial charge in [-0.05, 0) is 20.8 Å². The number of carbonyl (C=O) groups excluding carboxylic acids is 3. The molecule has 1 aliphatic carbocycles. The van der Waals surface area contributed by atoms with Gasteiger partial charge in [-0.15, -0.1) is 0 Å². The lowest BCUT2D eigenvalue weighted by atomic mass is 9.79. The smallest absolute Gasteiger partial charge is 0.334 e. The van der Waals surface area contributed by atoms with Crippen LogP contribution in [0.3, 0.4) is 0 Å². The van der Waals surface area contributed by atoms with Gasteiger partial charge >= 0.3 is 11.9 Å². The molecule has 0 radical (unpaired) electrons. The third-order valence-corrected chi connectivity index (χ3v) is 5.70. The van der Waals surface area contributed by atoms with Gasteiger partial charge in [0.15, 0.2) is 11.9 Å². The molecule has 0 spiro atoms. The van der Waals surface area contributed by atoms with Crippen molar-refractivity contribution in [1.29, 1.82) is 0 Å². The predicted molar refractivity (Wildman–Crippen MR) is 94.5 cm³/mol. The second-order valence-electron chi connectivity index (χ2n) is 7.56. The summed E-state index contributed by atoms with van der Waals surface area (Å²) >= 11 is 0. The first kappa shape index (κ1) is 19.5. The van der Waals surface area contributed by atoms with E-state index < -0.39 is 41.8 Å². The largest absolute Gasteiger partial charge is 0.458 e. The summed E-state index contributed by atoms with van der Waals surface area (Å²) in [6.45, 7) is 12.6. The van der Waals surface area contributed by atoms with Gasteiger partial charge in [-0.25, -0.2) is 9.59 Å². The maximum Gasteiger partial charge on any atom is 0.334 e. The highest BCUT2D eigenvalue weighted by Gasteiger charge is 2.59. The van der Waals surface area contributed by atoms with Crippen LogP contribution >= 0.6 is 0 Å². The van der Waals surface area contributed by atoms with Crippen LogP contribution in [0.25, 0.3) is 0 Å². The number of carbonyl (C=O) groups is 3. The summed E-state index contributed by atoms with van der Waals surface area (Å²) in [5.41, 5.74) is -0.246. The van der Waals surface area contributed by atoms with Gasteiger partial charge in [0.2, 0.25) is 0 Å². The van der Waals surface area contributed by atoms with Crippen molar-refractivity contribution in [3.63, 3.8) is 0 Å². The Balaban J connectivity index is 1.97. The maximum absolute atomic E-state index is 12.6. The fourth-order valence-electron chi connectivity index (χ4n) is 3.69. The second kappa shape index (κ2) is 6.73. The van der Waals surface area contributed by atoms with Crippen molar-refractivity contribution >= 4 is 17.7 Å². The number of hydrogen-bond acceptors (Lipinski definition) is 7. The number of hydrogen-bond donors (Lipinski definition) is 1. The van der Waals surface area contributed by atoms with E-state index in [-0.39, 0.29) is 29.5 Å². The Morgan fingerprint density at radius 2 is 2.00 bits per heavy atom. The van der Waals surface area contributed by atoms with E-state index in [1.165, 1.54) is 0 Å². The maximum atomic E-state index is 12.6. The van der Waals surface area contributed by atoms with Crippen LogP contribution in [0.5, 0.6) is 0 Å². The first-order valence-corrected chi connectivity index (χ1v) is 8.90. The van der Waals surface area contributed by atoms with E-state index in [9.17, 15) is 19.5 Å². The quantitative estimate of drug-likeness (QED) is 0.441. The highest BCUT2D eigenvalue weighted by molar-refractivity contribution is 5.98. The minimum atomic E-state index is -1.39. The van der Waals surface area contributed by atoms with Gasteiger partial charge in [0, 0.05) is 29.6 Å². The molecule has 2 heterocycles. The van der Waals surface area contributed by atoms with Gasteiger partial charge in [0.1, 0.15) is 12.2 Å². The number of fused-ring (bicyclic) bond motifs is 2. The molecular weight excluding hydrogens is 352 g/mol. The van der Waals surface area contributed by atoms with Gasteiger partial charge in [0.05, 0.1) is 17.6 Å². The van der Waals surface area contributed by atoms with Crippen LogP contribution in [0.2, 0.25) is 0 Å². The molecule has 2 aliphatic heterocycles. The molecule has 3 fully saturated rings. The van der Waals surface area contributed by atoms with Crippen molar-refractivity contribution in [2.24, 2.45) is 5.92 Å². The second-order valence-corrected chi connectivity index (χ2v) is 7.56. The molecule has 6 atom stereocenters. The van der Waals surface area contributed by atoms with Crippen LogP contribution in [0.1, 0.15) is 33.6 Å². The van der Waals surface area contributed by atoms with Crippen LogP contribution in [-0.4, -0.2) is 52.8 Å². The van der Waals surface area contributed by atoms with E-state index >= 15 is 0 Å². The first-order valence-electron chi connectivity index (χ1n) is 8.90. The molecule has 1 N–H and O–H groups in total. The van der Waals surface area contributed by atoms with E-state index in [1.54, 1.807) is 19.9 Å². The van der Waals surface area contributed by atoms with Crippen molar-refractivity contribution in [2.75, 3.05) is 0 Å². The molecule has 7 heteroatoms. The summed E-state index contributed by atoms with van der Waals surface area (Å²) < 4.78 is 16.5. The normalized spacial score (nSPS) is 39.4. The number of ketones is 1. The number of aliphatic hydroxyl groups is 1. The molecular formula is C20H24O7. The molecule has 0 aromatic heterocycles. The van der Waals surface area contributed by atoms with Crippen LogP contribution in [0.15, 0.2) is 36.0 Å². The van der Waals surface area contributed by atoms with Gasteiger partial charge in [-0.1, -0.05) is 19.2 Å². The van der Waals surface area contributed by atoms with E-state index in [2.05, 4.69) is 13.2 Å². The molecule has 0 amide bonds. The van der Waals surface area contributed by atoms with Crippen molar-refractivity contribution < 1.29 is 33.7 Å². The summed E-state index contributed by atoms with van der Waals surface area (Å²) in [5, 5.41) is 11.0. The van der Waals surface area contributed by atoms with Gasteiger partial charge < -0.3 is 19.3 Å². The first-order chi connectivity index (χ1) is 12.6. The Hall–Kier alpha value is -2.25. The van der Waals surface area contributed by atoms with Crippen LogP contribution in [0, 0.1) is 5.92 Å². The molecule has 3 aliphatic rings. The van der Waals surface area contributed by atoms with Crippen molar-refractivity contribution in [2.45, 2.75) is 63.6 Å². The number of epoxide rings is 1. The number of Topliss-reactive ketones (excluding diaryl/α,β-unsaturated/α-hetero) is 1. The third-order valence-electron chi connectivity index (χ3n) is 5.70. The number of aliphatic hydroxyl groups excluding tert-OH is 1. The SMILES string of the molecule is C=C1C(=O)O[C@@H]2C[C@@]3(C)O[C@H]3CC(=O)C(=C)[C@@H](OC(=O)/C(C)=C\C)[C@@H](O)[C@@H]12. The monoisotopic (exact) mass is 376 g/mol. The topological polar surface area (TPSA) is 102 Å². The molecule has 7 nitrogen and oxygen atoms in total. The fraction of sp³-hybridized carbons (Fsp3) is 0.550. The Labute approximate surface area is 157 Å². The number of rotatable bonds is 2. The van der Waals surface area contributed by atoms with Crippen LogP contribution in [0.4, 0.5) is 0 Å². The highest BCUT2D eigenvalue weighted by atomic mass is 16.6. The zero-order chi connectivity index (χ0) is 20.1. The van der Waals surface area contributed by atoms with E-state index in [0.717, 1.165) is 0 Å². The standard InChI is InChI=1S/C20H24O7/c1-6-9(2)18(23)26-17-10(3)12(21)7-14-20(5,27-14)8-13-15(16(17)22)11(4)19(24)25-13/h6,13-17,22H,3-4,7-8H2,1-2,5H3/b9-6-/t13-,14+,15+,16+,17-,20-/m1/s1. The summed E-state index contributed by atoms with van der Waals surface area (Å²) in [4.78, 5) is 36.9. The lowest BCUT2D eigenvalue weighted by molar-refractivity contribution is -0.152. The molecule has 0 aromatic rings. The number of allylic oxidation sites excluding steroid dienone is 1. The zero-order valence-corrected chi connectivity index (χ0v) is 15.7. The molecule has 0 bridgehead atoms. The molecule has 0 unspecified atom stereocenters. The van der Waals surface area contributed by atoms with Gasteiger partial charge in [0.25, 0.3) is 0 Å². The average Bonchev–Trinajstić information content (AvgIpc) is 3.15. The average molecular weight is 376 g/mol. The fourth-order valence-corrected chi connectivity index (χ4v) is 3.69. The molecule has 146 valence electrons. The third kappa shape index (κ3) is 3.37. The van der Waals surface area contributed by atoms with Gasteiger partial charge in [-0.2, -0.15) is 0 Å². The minimum absolute atomic E-state index is 0.0367. The molecule has 1 saturated carbocycles. The van der Waals surface area contributed by atoms with Crippen molar-refractivity contribution in [1.82, 2.24) is 0 Å². The lowest BCUT2D eigenvalue weighted by Gasteiger charge is -2.31. The zero-order valence-electron chi connectivity index (χ0n) is 15.7. The summed E-state index contributed by atoms with van der Waals surface area (Å²) in [7, 11) is 0. The van der Waals surface area contributed by atoms with Gasteiger partial charge in [-0.3, -0.25) is 4.79 Å². The molecule has 2 saturated heterocycles. The highest BCUT2D eigenvalue weighted by Crippen LogP contribution is 2.48. The summed E-state index contributed by atoms with van der Waals surface area (Å²) in [5.74, 6) is -2.47. The van der Waals surface area contributed by atoms with Crippen molar-refractivity contribution in [3.8, 4) is 0 Å². The molecule has 27 heavy (non-hydrogen) atoms. The van der Waals surface area contributed by atoms with E-state index in [4.69, 9.17) is 14.2 Å². The predicted octanol–water partition coefficient (Wildman–Crippen LogP) is 1.40. The Kier molecular flexibility index (Phi) is 4.86. The molecule has 3 rings (SSSR count). The number of ether oxygens (including phenoxy) is 3. The lowest BCUT2D eigenvalue weighted by Crippen LogP contribution is -2.45. The van der Waals surface area contributed by atoms with Crippen molar-refractivity contribution in [3.05, 3.63) is 36.0 Å². The minimum Gasteiger partial charge on any atom is -0.458 e. The number of esters is 2. The summed E-state index contributed by atoms with van der Waals surface area (Å²) in [6.07, 6.45) is -1.77. The summed E-state index contributed by atoms with van der Waals surface area (Å²) in [6, 6.07) is 0. The Morgan fingerprint density at radius 3 is 2.63 bits per heavy atom. The Bertz CT molecular complexity index is 764. The van der Waals surface area contributed by atoms with Crippen LogP contribution < -0.4 is 0 Å². The van der Waals surface area contributed by atoms with E-state index in [1.807, 2.05) is 6.92 Å². The van der Waals surface area contributed by atoms with E-state index in [0.29, 0.717) is 12.0 Å². The Morgan fingerprint density at radius 1 is 1.33 bits per heavy atom. The molecule has 0 aromatic carbocycles.